The normalized spacial score (nSPS) is 6.89. The SMILES string of the molecule is C#CC(Br)Br.O=C(O)O. The lowest BCUT2D eigenvalue weighted by Crippen LogP contribution is -1.81. The predicted molar refractivity (Wildman–Crippen MR) is 41.1 cm³/mol. The zero-order valence-corrected chi connectivity index (χ0v) is 7.39. The average Bonchev–Trinajstić information content (AvgIpc) is 1.65. The molecule has 0 heterocycles. The molecule has 52 valence electrons. The van der Waals surface area contributed by atoms with Gasteiger partial charge in [-0.3, -0.25) is 0 Å². The van der Waals surface area contributed by atoms with Gasteiger partial charge in [0.25, 0.3) is 0 Å². The summed E-state index contributed by atoms with van der Waals surface area (Å²) in [6.45, 7) is 0. The molecule has 0 aromatic carbocycles. The van der Waals surface area contributed by atoms with Crippen LogP contribution in [0.3, 0.4) is 0 Å². The number of terminal acetylenes is 1. The van der Waals surface area contributed by atoms with Gasteiger partial charge in [-0.25, -0.2) is 4.79 Å². The summed E-state index contributed by atoms with van der Waals surface area (Å²) in [5.74, 6) is 2.36. The molecule has 2 N–H and O–H groups in total. The van der Waals surface area contributed by atoms with E-state index < -0.39 is 6.16 Å². The second-order valence-corrected chi connectivity index (χ2v) is 3.81. The molecule has 0 aliphatic heterocycles. The van der Waals surface area contributed by atoms with Crippen LogP contribution in [0, 0.1) is 12.3 Å². The largest absolute Gasteiger partial charge is 0.503 e. The maximum Gasteiger partial charge on any atom is 0.503 e. The number of alkyl halides is 2. The first-order chi connectivity index (χ1) is 4.00. The molecule has 0 saturated carbocycles. The Labute approximate surface area is 69.3 Å². The van der Waals surface area contributed by atoms with Crippen molar-refractivity contribution in [2.75, 3.05) is 0 Å². The maximum absolute atomic E-state index is 8.56. The Bertz CT molecular complexity index is 111. The fourth-order valence-corrected chi connectivity index (χ4v) is 0. The minimum atomic E-state index is -1.83. The summed E-state index contributed by atoms with van der Waals surface area (Å²) in [6, 6.07) is 0. The van der Waals surface area contributed by atoms with E-state index in [1.807, 2.05) is 0 Å². The number of halogens is 2. The molecular formula is C4H4Br2O3. The topological polar surface area (TPSA) is 57.5 Å². The van der Waals surface area contributed by atoms with E-state index in [4.69, 9.17) is 21.4 Å². The average molecular weight is 260 g/mol. The van der Waals surface area contributed by atoms with Gasteiger partial charge in [-0.2, -0.15) is 0 Å². The van der Waals surface area contributed by atoms with Crippen LogP contribution in [0.4, 0.5) is 4.79 Å². The molecule has 0 aliphatic rings. The highest BCUT2D eigenvalue weighted by Crippen LogP contribution is 2.03. The minimum Gasteiger partial charge on any atom is -0.450 e. The number of carboxylic acid groups (broad SMARTS) is 2. The first-order valence-corrected chi connectivity index (χ1v) is 3.50. The van der Waals surface area contributed by atoms with Gasteiger partial charge in [0, 0.05) is 0 Å². The van der Waals surface area contributed by atoms with E-state index >= 15 is 0 Å². The Morgan fingerprint density at radius 3 is 1.67 bits per heavy atom. The second kappa shape index (κ2) is 7.79. The molecule has 5 heteroatoms. The standard InChI is InChI=1S/C3H2Br2.CH2O3/c1-2-3(4)5;2-1(3)4/h1,3H;(H2,2,3,4). The Hall–Kier alpha value is -0.210. The van der Waals surface area contributed by atoms with Crippen LogP contribution >= 0.6 is 31.9 Å². The zero-order valence-electron chi connectivity index (χ0n) is 4.21. The number of rotatable bonds is 0. The van der Waals surface area contributed by atoms with Crippen LogP contribution in [0.15, 0.2) is 0 Å². The molecule has 0 atom stereocenters. The molecule has 0 amide bonds. The number of hydrogen-bond acceptors (Lipinski definition) is 1. The Morgan fingerprint density at radius 2 is 1.67 bits per heavy atom. The van der Waals surface area contributed by atoms with Crippen LogP contribution in [-0.4, -0.2) is 20.1 Å². The molecule has 0 aliphatic carbocycles. The van der Waals surface area contributed by atoms with Gasteiger partial charge in [-0.15, -0.1) is 6.42 Å². The summed E-state index contributed by atoms with van der Waals surface area (Å²) in [7, 11) is 0. The van der Waals surface area contributed by atoms with Crippen LogP contribution in [0.1, 0.15) is 0 Å². The molecule has 0 spiro atoms. The van der Waals surface area contributed by atoms with E-state index in [1.54, 1.807) is 0 Å². The molecule has 0 aromatic heterocycles. The van der Waals surface area contributed by atoms with Gasteiger partial charge in [0.15, 0.2) is 0 Å². The van der Waals surface area contributed by atoms with Gasteiger partial charge in [0.05, 0.1) is 0 Å². The molecule has 0 fully saturated rings. The third-order valence-corrected chi connectivity index (χ3v) is 0.655. The van der Waals surface area contributed by atoms with Crippen molar-refractivity contribution in [1.29, 1.82) is 0 Å². The van der Waals surface area contributed by atoms with E-state index in [0.717, 1.165) is 0 Å². The summed E-state index contributed by atoms with van der Waals surface area (Å²) in [4.78, 5) is 8.56. The maximum atomic E-state index is 8.56. The number of hydrogen-bond donors (Lipinski definition) is 2. The first kappa shape index (κ1) is 11.6. The van der Waals surface area contributed by atoms with Crippen molar-refractivity contribution in [3.05, 3.63) is 0 Å². The van der Waals surface area contributed by atoms with Crippen molar-refractivity contribution in [1.82, 2.24) is 0 Å². The summed E-state index contributed by atoms with van der Waals surface area (Å²) in [5, 5.41) is 13.9. The van der Waals surface area contributed by atoms with E-state index in [-0.39, 0.29) is 3.74 Å². The van der Waals surface area contributed by atoms with Gasteiger partial charge in [0.2, 0.25) is 0 Å². The predicted octanol–water partition coefficient (Wildman–Crippen LogP) is 1.96. The van der Waals surface area contributed by atoms with E-state index in [2.05, 4.69) is 37.8 Å². The summed E-state index contributed by atoms with van der Waals surface area (Å²) in [6.07, 6.45) is 2.99. The van der Waals surface area contributed by atoms with Crippen LogP contribution < -0.4 is 0 Å². The van der Waals surface area contributed by atoms with Crippen molar-refractivity contribution in [3.8, 4) is 12.3 Å². The van der Waals surface area contributed by atoms with Gasteiger partial charge in [-0.1, -0.05) is 37.8 Å². The third-order valence-electron chi connectivity index (χ3n) is 0.126. The second-order valence-electron chi connectivity index (χ2n) is 0.750. The smallest absolute Gasteiger partial charge is 0.450 e. The highest BCUT2D eigenvalue weighted by atomic mass is 79.9. The lowest BCUT2D eigenvalue weighted by molar-refractivity contribution is 0.137. The van der Waals surface area contributed by atoms with Crippen LogP contribution in [0.5, 0.6) is 0 Å². The zero-order chi connectivity index (χ0) is 7.86. The van der Waals surface area contributed by atoms with E-state index in [1.165, 1.54) is 0 Å². The molecule has 0 unspecified atom stereocenters. The van der Waals surface area contributed by atoms with Gasteiger partial charge < -0.3 is 10.2 Å². The molecule has 0 bridgehead atoms. The summed E-state index contributed by atoms with van der Waals surface area (Å²) in [5.41, 5.74) is 0. The third kappa shape index (κ3) is 81.5. The van der Waals surface area contributed by atoms with Crippen LogP contribution in [-0.2, 0) is 0 Å². The van der Waals surface area contributed by atoms with Crippen molar-refractivity contribution in [2.24, 2.45) is 0 Å². The van der Waals surface area contributed by atoms with Crippen molar-refractivity contribution >= 4 is 38.0 Å². The first-order valence-electron chi connectivity index (χ1n) is 1.67. The fraction of sp³-hybridized carbons (Fsp3) is 0.250. The Kier molecular flexibility index (Phi) is 10.0. The molecule has 0 saturated heterocycles. The lowest BCUT2D eigenvalue weighted by atomic mass is 10.8. The quantitative estimate of drug-likeness (QED) is 0.517. The van der Waals surface area contributed by atoms with Crippen LogP contribution in [0.2, 0.25) is 0 Å². The molecular weight excluding hydrogens is 256 g/mol. The van der Waals surface area contributed by atoms with Crippen molar-refractivity contribution in [2.45, 2.75) is 3.74 Å². The lowest BCUT2D eigenvalue weighted by Gasteiger charge is -1.74. The Morgan fingerprint density at radius 1 is 1.56 bits per heavy atom. The fourth-order valence-electron chi connectivity index (χ4n) is 0. The molecule has 0 aromatic rings. The molecule has 0 radical (unpaired) electrons. The van der Waals surface area contributed by atoms with Gasteiger partial charge in [0.1, 0.15) is 3.74 Å². The Balaban J connectivity index is 0. The molecule has 0 rings (SSSR count). The minimum absolute atomic E-state index is 0.0370. The summed E-state index contributed by atoms with van der Waals surface area (Å²) >= 11 is 6.11. The summed E-state index contributed by atoms with van der Waals surface area (Å²) < 4.78 is 0.0370. The highest BCUT2D eigenvalue weighted by molar-refractivity contribution is 9.24. The highest BCUT2D eigenvalue weighted by Gasteiger charge is 1.80. The monoisotopic (exact) mass is 258 g/mol. The molecule has 9 heavy (non-hydrogen) atoms. The van der Waals surface area contributed by atoms with Crippen LogP contribution in [0.25, 0.3) is 0 Å². The van der Waals surface area contributed by atoms with Gasteiger partial charge >= 0.3 is 6.16 Å². The van der Waals surface area contributed by atoms with Crippen molar-refractivity contribution < 1.29 is 15.0 Å². The number of carbonyl (C=O) groups is 1. The molecule has 3 nitrogen and oxygen atoms in total. The van der Waals surface area contributed by atoms with E-state index in [9.17, 15) is 0 Å². The van der Waals surface area contributed by atoms with E-state index in [0.29, 0.717) is 0 Å². The van der Waals surface area contributed by atoms with Crippen molar-refractivity contribution in [3.63, 3.8) is 0 Å². The van der Waals surface area contributed by atoms with Gasteiger partial charge in [-0.05, 0) is 0 Å².